The fourth-order valence-corrected chi connectivity index (χ4v) is 8.37. The number of allylic oxidation sites excluding steroid dienone is 4. The second-order valence-corrected chi connectivity index (χ2v) is 13.4. The summed E-state index contributed by atoms with van der Waals surface area (Å²) in [5, 5.41) is 11.7. The molecule has 0 radical (unpaired) electrons. The molecule has 0 heterocycles. The van der Waals surface area contributed by atoms with Crippen LogP contribution in [-0.2, 0) is 28.5 Å². The maximum absolute atomic E-state index is 17.6. The van der Waals surface area contributed by atoms with E-state index in [2.05, 4.69) is 0 Å². The van der Waals surface area contributed by atoms with Crippen LogP contribution in [0.5, 0.6) is 0 Å². The number of aliphatic hydroxyl groups excluding tert-OH is 1. The molecule has 0 aromatic rings. The van der Waals surface area contributed by atoms with E-state index in [1.807, 2.05) is 20.8 Å². The average Bonchev–Trinajstić information content (AvgIpc) is 3.14. The molecule has 0 aromatic carbocycles. The van der Waals surface area contributed by atoms with Gasteiger partial charge in [-0.1, -0.05) is 52.7 Å². The molecule has 8 atom stereocenters. The predicted octanol–water partition coefficient (Wildman–Crippen LogP) is 5.67. The molecular formula is C32H45FO9. The summed E-state index contributed by atoms with van der Waals surface area (Å²) in [5.74, 6) is -2.58. The number of alkyl halides is 1. The number of hydrogen-bond acceptors (Lipinski definition) is 9. The highest BCUT2D eigenvalue weighted by Crippen LogP contribution is 2.71. The molecule has 0 amide bonds. The molecular weight excluding hydrogens is 547 g/mol. The SMILES string of the molecule is CCCCOC(=O)O[C@]1(C(=O)COC(=O)OCC(C)C)[C@H](C)C[C@H]2[C@@H]3CCC4=CC(=O)C=C[C@]4(C)[C@@]3(F)[C@@H](O)C[C@@]21C. The molecule has 4 aliphatic rings. The van der Waals surface area contributed by atoms with Crippen molar-refractivity contribution in [2.75, 3.05) is 19.8 Å². The Morgan fingerprint density at radius 1 is 1.12 bits per heavy atom. The third-order valence-electron chi connectivity index (χ3n) is 10.4. The van der Waals surface area contributed by atoms with Crippen LogP contribution in [0.25, 0.3) is 0 Å². The van der Waals surface area contributed by atoms with Crippen LogP contribution in [0.4, 0.5) is 14.0 Å². The Morgan fingerprint density at radius 2 is 1.83 bits per heavy atom. The monoisotopic (exact) mass is 592 g/mol. The van der Waals surface area contributed by atoms with Crippen LogP contribution in [0.15, 0.2) is 23.8 Å². The van der Waals surface area contributed by atoms with Gasteiger partial charge in [0.25, 0.3) is 0 Å². The van der Waals surface area contributed by atoms with Crippen molar-refractivity contribution >= 4 is 23.9 Å². The topological polar surface area (TPSA) is 125 Å². The quantitative estimate of drug-likeness (QED) is 0.266. The van der Waals surface area contributed by atoms with Crippen molar-refractivity contribution in [3.8, 4) is 0 Å². The Morgan fingerprint density at radius 3 is 2.50 bits per heavy atom. The van der Waals surface area contributed by atoms with Crippen LogP contribution in [-0.4, -0.2) is 66.2 Å². The van der Waals surface area contributed by atoms with Crippen molar-refractivity contribution in [3.05, 3.63) is 23.8 Å². The number of Topliss-reactive ketones (excluding diaryl/α,β-unsaturated/α-hetero) is 1. The highest BCUT2D eigenvalue weighted by Gasteiger charge is 2.77. The van der Waals surface area contributed by atoms with Crippen LogP contribution in [0.3, 0.4) is 0 Å². The lowest BCUT2D eigenvalue weighted by atomic mass is 9.44. The van der Waals surface area contributed by atoms with Gasteiger partial charge >= 0.3 is 12.3 Å². The van der Waals surface area contributed by atoms with Gasteiger partial charge in [-0.25, -0.2) is 14.0 Å². The molecule has 0 saturated heterocycles. The van der Waals surface area contributed by atoms with Gasteiger partial charge in [-0.3, -0.25) is 9.59 Å². The average molecular weight is 593 g/mol. The van der Waals surface area contributed by atoms with E-state index in [4.69, 9.17) is 18.9 Å². The largest absolute Gasteiger partial charge is 0.509 e. The Hall–Kier alpha value is -2.75. The normalized spacial score (nSPS) is 38.6. The molecule has 0 spiro atoms. The Kier molecular flexibility index (Phi) is 8.99. The summed E-state index contributed by atoms with van der Waals surface area (Å²) in [7, 11) is 0. The van der Waals surface area contributed by atoms with Gasteiger partial charge in [-0.2, -0.15) is 0 Å². The molecule has 9 nitrogen and oxygen atoms in total. The molecule has 0 bridgehead atoms. The molecule has 3 fully saturated rings. The number of ketones is 2. The highest BCUT2D eigenvalue weighted by atomic mass is 19.1. The van der Waals surface area contributed by atoms with Crippen LogP contribution in [0, 0.1) is 34.5 Å². The standard InChI is InChI=1S/C32H45FO9/c1-7-8-13-39-28(38)42-32(26(36)18-41-27(37)40-17-19(2)3)20(4)14-24-23-10-9-21-15-22(34)11-12-29(21,5)31(23,33)25(35)16-30(24,32)6/h11-12,15,19-20,23-25,35H,7-10,13-14,16-18H2,1-6H3/t20-,23+,24+,25+,29+,30+,31+,32+/m1/s1. The molecule has 10 heteroatoms. The van der Waals surface area contributed by atoms with Crippen LogP contribution < -0.4 is 0 Å². The molecule has 4 aliphatic carbocycles. The number of halogens is 1. The van der Waals surface area contributed by atoms with E-state index in [1.165, 1.54) is 12.2 Å². The van der Waals surface area contributed by atoms with E-state index in [9.17, 15) is 24.3 Å². The summed E-state index contributed by atoms with van der Waals surface area (Å²) in [6, 6.07) is 0. The Bertz CT molecular complexity index is 1160. The van der Waals surface area contributed by atoms with E-state index in [0.717, 1.165) is 6.42 Å². The van der Waals surface area contributed by atoms with Crippen molar-refractivity contribution in [1.29, 1.82) is 0 Å². The number of ether oxygens (including phenoxy) is 4. The van der Waals surface area contributed by atoms with Gasteiger partial charge in [0.1, 0.15) is 0 Å². The third-order valence-corrected chi connectivity index (χ3v) is 10.4. The molecule has 234 valence electrons. The van der Waals surface area contributed by atoms with Crippen LogP contribution >= 0.6 is 0 Å². The summed E-state index contributed by atoms with van der Waals surface area (Å²) in [6.07, 6.45) is 3.14. The second kappa shape index (κ2) is 11.7. The van der Waals surface area contributed by atoms with Gasteiger partial charge in [0.05, 0.1) is 19.3 Å². The number of hydrogen-bond donors (Lipinski definition) is 1. The summed E-state index contributed by atoms with van der Waals surface area (Å²) < 4.78 is 39.1. The summed E-state index contributed by atoms with van der Waals surface area (Å²) >= 11 is 0. The summed E-state index contributed by atoms with van der Waals surface area (Å²) in [4.78, 5) is 51.5. The molecule has 3 saturated carbocycles. The van der Waals surface area contributed by atoms with Crippen molar-refractivity contribution < 1.29 is 47.6 Å². The van der Waals surface area contributed by atoms with Crippen molar-refractivity contribution in [2.24, 2.45) is 34.5 Å². The van der Waals surface area contributed by atoms with Crippen molar-refractivity contribution in [3.63, 3.8) is 0 Å². The number of fused-ring (bicyclic) bond motifs is 5. The molecule has 0 aliphatic heterocycles. The molecule has 4 rings (SSSR count). The fraction of sp³-hybridized carbons (Fsp3) is 0.750. The van der Waals surface area contributed by atoms with E-state index in [1.54, 1.807) is 26.8 Å². The van der Waals surface area contributed by atoms with Gasteiger partial charge in [0.15, 0.2) is 23.7 Å². The lowest BCUT2D eigenvalue weighted by Gasteiger charge is -2.62. The number of rotatable bonds is 9. The predicted molar refractivity (Wildman–Crippen MR) is 150 cm³/mol. The smallest absolute Gasteiger partial charge is 0.434 e. The zero-order valence-corrected chi connectivity index (χ0v) is 25.6. The minimum atomic E-state index is -2.11. The van der Waals surface area contributed by atoms with Crippen LogP contribution in [0.1, 0.15) is 80.1 Å². The van der Waals surface area contributed by atoms with Gasteiger partial charge in [0.2, 0.25) is 5.78 Å². The summed E-state index contributed by atoms with van der Waals surface area (Å²) in [6.45, 7) is 10.4. The van der Waals surface area contributed by atoms with Gasteiger partial charge in [0, 0.05) is 22.7 Å². The first kappa shape index (κ1) is 32.2. The molecule has 0 aromatic heterocycles. The van der Waals surface area contributed by atoms with E-state index < -0.39 is 70.7 Å². The third kappa shape index (κ3) is 4.97. The number of carbonyl (C=O) groups is 4. The van der Waals surface area contributed by atoms with Crippen molar-refractivity contribution in [2.45, 2.75) is 97.4 Å². The first-order valence-electron chi connectivity index (χ1n) is 15.2. The minimum absolute atomic E-state index is 0.0601. The first-order valence-corrected chi connectivity index (χ1v) is 15.2. The highest BCUT2D eigenvalue weighted by molar-refractivity contribution is 6.01. The van der Waals surface area contributed by atoms with E-state index in [-0.39, 0.29) is 31.3 Å². The zero-order chi connectivity index (χ0) is 31.1. The number of unbranched alkanes of at least 4 members (excludes halogenated alkanes) is 1. The maximum atomic E-state index is 17.6. The number of aliphatic hydroxyl groups is 1. The Labute approximate surface area is 247 Å². The van der Waals surface area contributed by atoms with Gasteiger partial charge < -0.3 is 24.1 Å². The van der Waals surface area contributed by atoms with E-state index in [0.29, 0.717) is 31.3 Å². The van der Waals surface area contributed by atoms with E-state index >= 15 is 4.39 Å². The zero-order valence-electron chi connectivity index (χ0n) is 25.6. The maximum Gasteiger partial charge on any atom is 0.509 e. The molecule has 1 N–H and O–H groups in total. The molecule has 42 heavy (non-hydrogen) atoms. The first-order chi connectivity index (χ1) is 19.7. The van der Waals surface area contributed by atoms with Gasteiger partial charge in [-0.15, -0.1) is 0 Å². The minimum Gasteiger partial charge on any atom is -0.434 e. The van der Waals surface area contributed by atoms with Crippen LogP contribution in [0.2, 0.25) is 0 Å². The molecule has 0 unspecified atom stereocenters. The lowest BCUT2D eigenvalue weighted by molar-refractivity contribution is -0.222. The van der Waals surface area contributed by atoms with Gasteiger partial charge in [-0.05, 0) is 63.0 Å². The lowest BCUT2D eigenvalue weighted by Crippen LogP contribution is -2.70. The fourth-order valence-electron chi connectivity index (χ4n) is 8.37. The summed E-state index contributed by atoms with van der Waals surface area (Å²) in [5.41, 5.74) is -5.72. The number of carbonyl (C=O) groups excluding carboxylic acids is 4. The second-order valence-electron chi connectivity index (χ2n) is 13.4. The Balaban J connectivity index is 1.71. The van der Waals surface area contributed by atoms with Crippen molar-refractivity contribution in [1.82, 2.24) is 0 Å².